The summed E-state index contributed by atoms with van der Waals surface area (Å²) < 4.78 is 0. The van der Waals surface area contributed by atoms with Gasteiger partial charge in [-0.3, -0.25) is 0 Å². The molecule has 5 nitrogen and oxygen atoms in total. The minimum absolute atomic E-state index is 0.359. The van der Waals surface area contributed by atoms with Gasteiger partial charge < -0.3 is 21.7 Å². The maximum Gasteiger partial charge on any atom is 0.149 e. The first kappa shape index (κ1) is 12.6. The van der Waals surface area contributed by atoms with Crippen LogP contribution in [0.5, 0.6) is 0 Å². The van der Waals surface area contributed by atoms with Gasteiger partial charge in [-0.1, -0.05) is 0 Å². The third-order valence-electron chi connectivity index (χ3n) is 2.36. The number of rotatable bonds is 5. The van der Waals surface area contributed by atoms with E-state index in [1.165, 1.54) is 0 Å². The van der Waals surface area contributed by atoms with Gasteiger partial charge in [0.1, 0.15) is 11.6 Å². The zero-order chi connectivity index (χ0) is 12.1. The van der Waals surface area contributed by atoms with Crippen molar-refractivity contribution in [3.63, 3.8) is 0 Å². The van der Waals surface area contributed by atoms with Gasteiger partial charge in [-0.05, 0) is 46.1 Å². The maximum absolute atomic E-state index is 5.63. The van der Waals surface area contributed by atoms with Gasteiger partial charge in [0.05, 0.1) is 5.69 Å². The zero-order valence-electron chi connectivity index (χ0n) is 10.2. The minimum atomic E-state index is 0.359. The molecular formula is C11H21N5. The second-order valence-corrected chi connectivity index (χ2v) is 4.31. The number of nitrogens with two attached hydrogens (primary N) is 2. The van der Waals surface area contributed by atoms with E-state index in [-0.39, 0.29) is 0 Å². The molecule has 1 aromatic heterocycles. The molecule has 0 saturated heterocycles. The highest BCUT2D eigenvalue weighted by Crippen LogP contribution is 2.15. The topological polar surface area (TPSA) is 80.2 Å². The molecule has 16 heavy (non-hydrogen) atoms. The molecule has 0 aliphatic heterocycles. The number of nitrogens with zero attached hydrogens (tertiary/aromatic N) is 2. The van der Waals surface area contributed by atoms with Gasteiger partial charge in [0.2, 0.25) is 0 Å². The van der Waals surface area contributed by atoms with Gasteiger partial charge in [-0.25, -0.2) is 4.98 Å². The molecule has 0 fully saturated rings. The van der Waals surface area contributed by atoms with E-state index >= 15 is 0 Å². The SMILES string of the molecule is CC(CCN(C)C)Nc1ccc(N)c(N)n1. The van der Waals surface area contributed by atoms with Crippen molar-refractivity contribution in [3.05, 3.63) is 12.1 Å². The summed E-state index contributed by atoms with van der Waals surface area (Å²) in [4.78, 5) is 6.32. The third-order valence-corrected chi connectivity index (χ3v) is 2.36. The van der Waals surface area contributed by atoms with E-state index in [0.717, 1.165) is 18.8 Å². The Morgan fingerprint density at radius 3 is 2.62 bits per heavy atom. The lowest BCUT2D eigenvalue weighted by atomic mass is 10.2. The molecule has 0 saturated carbocycles. The quantitative estimate of drug-likeness (QED) is 0.694. The fourth-order valence-corrected chi connectivity index (χ4v) is 1.34. The van der Waals surface area contributed by atoms with E-state index in [1.54, 1.807) is 6.07 Å². The molecule has 90 valence electrons. The van der Waals surface area contributed by atoms with Gasteiger partial charge >= 0.3 is 0 Å². The molecule has 1 rings (SSSR count). The monoisotopic (exact) mass is 223 g/mol. The Balaban J connectivity index is 2.49. The number of hydrogen-bond donors (Lipinski definition) is 3. The normalized spacial score (nSPS) is 12.8. The first-order valence-corrected chi connectivity index (χ1v) is 5.42. The van der Waals surface area contributed by atoms with E-state index in [4.69, 9.17) is 11.5 Å². The third kappa shape index (κ3) is 3.94. The Morgan fingerprint density at radius 2 is 2.06 bits per heavy atom. The summed E-state index contributed by atoms with van der Waals surface area (Å²) in [6.07, 6.45) is 1.05. The van der Waals surface area contributed by atoms with Crippen molar-refractivity contribution in [1.82, 2.24) is 9.88 Å². The van der Waals surface area contributed by atoms with Crippen LogP contribution >= 0.6 is 0 Å². The van der Waals surface area contributed by atoms with Crippen molar-refractivity contribution in [2.75, 3.05) is 37.4 Å². The van der Waals surface area contributed by atoms with Crippen LogP contribution in [-0.4, -0.2) is 36.6 Å². The first-order valence-electron chi connectivity index (χ1n) is 5.42. The molecule has 0 amide bonds. The molecule has 0 bridgehead atoms. The Hall–Kier alpha value is -1.49. The number of pyridine rings is 1. The molecule has 1 heterocycles. The highest BCUT2D eigenvalue weighted by molar-refractivity contribution is 5.61. The van der Waals surface area contributed by atoms with Crippen LogP contribution in [0.15, 0.2) is 12.1 Å². The number of nitrogen functional groups attached to an aromatic ring is 2. The summed E-state index contributed by atoms with van der Waals surface area (Å²) >= 11 is 0. The molecule has 5 N–H and O–H groups in total. The van der Waals surface area contributed by atoms with Crippen molar-refractivity contribution in [3.8, 4) is 0 Å². The van der Waals surface area contributed by atoms with Gasteiger partial charge in [-0.15, -0.1) is 0 Å². The molecule has 1 aromatic rings. The Labute approximate surface area is 96.8 Å². The van der Waals surface area contributed by atoms with E-state index in [0.29, 0.717) is 17.5 Å². The lowest BCUT2D eigenvalue weighted by molar-refractivity contribution is 0.390. The fraction of sp³-hybridized carbons (Fsp3) is 0.545. The number of hydrogen-bond acceptors (Lipinski definition) is 5. The lowest BCUT2D eigenvalue weighted by Crippen LogP contribution is -2.23. The predicted octanol–water partition coefficient (Wildman–Crippen LogP) is 0.998. The van der Waals surface area contributed by atoms with Gasteiger partial charge in [-0.2, -0.15) is 0 Å². The van der Waals surface area contributed by atoms with Crippen LogP contribution in [0.25, 0.3) is 0 Å². The summed E-state index contributed by atoms with van der Waals surface area (Å²) in [6.45, 7) is 3.16. The number of aromatic nitrogens is 1. The fourth-order valence-electron chi connectivity index (χ4n) is 1.34. The molecule has 5 heteroatoms. The Bertz CT molecular complexity index is 337. The summed E-state index contributed by atoms with van der Waals surface area (Å²) in [7, 11) is 4.12. The van der Waals surface area contributed by atoms with E-state index in [1.807, 2.05) is 6.07 Å². The zero-order valence-corrected chi connectivity index (χ0v) is 10.2. The average Bonchev–Trinajstić information content (AvgIpc) is 2.21. The summed E-state index contributed by atoms with van der Waals surface area (Å²) in [5.41, 5.74) is 11.8. The molecule has 0 radical (unpaired) electrons. The Kier molecular flexibility index (Phi) is 4.37. The maximum atomic E-state index is 5.63. The van der Waals surface area contributed by atoms with Crippen LogP contribution in [0.1, 0.15) is 13.3 Å². The predicted molar refractivity (Wildman–Crippen MR) is 69.3 cm³/mol. The molecule has 0 aliphatic carbocycles. The van der Waals surface area contributed by atoms with E-state index in [2.05, 4.69) is 36.2 Å². The van der Waals surface area contributed by atoms with Gasteiger partial charge in [0, 0.05) is 6.04 Å². The largest absolute Gasteiger partial charge is 0.396 e. The first-order chi connectivity index (χ1) is 7.49. The van der Waals surface area contributed by atoms with Crippen molar-refractivity contribution in [1.29, 1.82) is 0 Å². The molecule has 0 aromatic carbocycles. The average molecular weight is 223 g/mol. The van der Waals surface area contributed by atoms with Gasteiger partial charge in [0.15, 0.2) is 0 Å². The molecule has 0 spiro atoms. The van der Waals surface area contributed by atoms with Crippen LogP contribution in [0, 0.1) is 0 Å². The van der Waals surface area contributed by atoms with E-state index < -0.39 is 0 Å². The highest BCUT2D eigenvalue weighted by Gasteiger charge is 2.04. The molecule has 1 unspecified atom stereocenters. The van der Waals surface area contributed by atoms with Crippen LogP contribution in [0.4, 0.5) is 17.3 Å². The number of nitrogens with one attached hydrogen (secondary N) is 1. The standard InChI is InChI=1S/C11H21N5/c1-8(6-7-16(2)3)14-10-5-4-9(12)11(13)15-10/h4-5,8H,6-7,12H2,1-3H3,(H3,13,14,15). The minimum Gasteiger partial charge on any atom is -0.396 e. The van der Waals surface area contributed by atoms with Crippen molar-refractivity contribution < 1.29 is 0 Å². The van der Waals surface area contributed by atoms with Crippen LogP contribution in [0.3, 0.4) is 0 Å². The molecular weight excluding hydrogens is 202 g/mol. The van der Waals surface area contributed by atoms with Crippen LogP contribution in [0.2, 0.25) is 0 Å². The highest BCUT2D eigenvalue weighted by atomic mass is 15.1. The molecule has 1 atom stereocenters. The van der Waals surface area contributed by atoms with E-state index in [9.17, 15) is 0 Å². The van der Waals surface area contributed by atoms with Crippen molar-refractivity contribution in [2.45, 2.75) is 19.4 Å². The second-order valence-electron chi connectivity index (χ2n) is 4.31. The number of anilines is 3. The van der Waals surface area contributed by atoms with Crippen molar-refractivity contribution in [2.24, 2.45) is 0 Å². The lowest BCUT2D eigenvalue weighted by Gasteiger charge is -2.17. The summed E-state index contributed by atoms with van der Waals surface area (Å²) in [5, 5.41) is 3.29. The van der Waals surface area contributed by atoms with Crippen LogP contribution in [-0.2, 0) is 0 Å². The summed E-state index contributed by atoms with van der Waals surface area (Å²) in [6, 6.07) is 3.97. The van der Waals surface area contributed by atoms with Crippen molar-refractivity contribution >= 4 is 17.3 Å². The summed E-state index contributed by atoms with van der Waals surface area (Å²) in [5.74, 6) is 1.16. The smallest absolute Gasteiger partial charge is 0.149 e. The second kappa shape index (κ2) is 5.55. The van der Waals surface area contributed by atoms with Gasteiger partial charge in [0.25, 0.3) is 0 Å². The Morgan fingerprint density at radius 1 is 1.38 bits per heavy atom. The van der Waals surface area contributed by atoms with Crippen LogP contribution < -0.4 is 16.8 Å². The molecule has 0 aliphatic rings.